The van der Waals surface area contributed by atoms with Crippen LogP contribution in [0.5, 0.6) is 0 Å². The molecule has 19 heavy (non-hydrogen) atoms. The monoisotopic (exact) mass is 262 g/mol. The molecular formula is C14H18N2O3. The Kier molecular flexibility index (Phi) is 4.52. The largest absolute Gasteiger partial charge is 0.481 e. The van der Waals surface area contributed by atoms with Gasteiger partial charge < -0.3 is 10.4 Å². The van der Waals surface area contributed by atoms with Gasteiger partial charge in [0.15, 0.2) is 0 Å². The van der Waals surface area contributed by atoms with Gasteiger partial charge in [0.2, 0.25) is 5.91 Å². The molecule has 0 aliphatic carbocycles. The number of carboxylic acids is 1. The third-order valence-corrected chi connectivity index (χ3v) is 3.16. The second-order valence-corrected chi connectivity index (χ2v) is 4.76. The Morgan fingerprint density at radius 1 is 1.21 bits per heavy atom. The number of carboxylic acid groups (broad SMARTS) is 1. The molecule has 2 N–H and O–H groups in total. The summed E-state index contributed by atoms with van der Waals surface area (Å²) in [5, 5.41) is 11.2. The Morgan fingerprint density at radius 3 is 2.42 bits per heavy atom. The minimum Gasteiger partial charge on any atom is -0.481 e. The summed E-state index contributed by atoms with van der Waals surface area (Å²) in [5.41, 5.74) is 2.56. The first-order valence-electron chi connectivity index (χ1n) is 6.43. The van der Waals surface area contributed by atoms with E-state index in [0.29, 0.717) is 19.5 Å². The summed E-state index contributed by atoms with van der Waals surface area (Å²) in [5.74, 6) is -0.873. The first-order valence-corrected chi connectivity index (χ1v) is 6.43. The maximum absolute atomic E-state index is 11.7. The van der Waals surface area contributed by atoms with E-state index < -0.39 is 5.97 Å². The average molecular weight is 262 g/mol. The lowest BCUT2D eigenvalue weighted by molar-refractivity contribution is -0.137. The van der Waals surface area contributed by atoms with Crippen LogP contribution in [0.2, 0.25) is 0 Å². The van der Waals surface area contributed by atoms with E-state index in [9.17, 15) is 9.59 Å². The number of rotatable bonds is 6. The van der Waals surface area contributed by atoms with Crippen molar-refractivity contribution in [3.8, 4) is 0 Å². The van der Waals surface area contributed by atoms with Gasteiger partial charge in [0.1, 0.15) is 0 Å². The smallest absolute Gasteiger partial charge is 0.303 e. The maximum atomic E-state index is 11.7. The van der Waals surface area contributed by atoms with E-state index in [1.54, 1.807) is 0 Å². The minimum absolute atomic E-state index is 0.0433. The topological polar surface area (TPSA) is 69.6 Å². The molecule has 5 nitrogen and oxygen atoms in total. The molecule has 0 saturated carbocycles. The van der Waals surface area contributed by atoms with Crippen molar-refractivity contribution >= 4 is 11.9 Å². The first kappa shape index (κ1) is 13.5. The van der Waals surface area contributed by atoms with Crippen molar-refractivity contribution in [1.29, 1.82) is 0 Å². The highest BCUT2D eigenvalue weighted by Gasteiger charge is 2.19. The number of carbonyl (C=O) groups excluding carboxylic acids is 1. The van der Waals surface area contributed by atoms with Crippen LogP contribution in [0, 0.1) is 0 Å². The van der Waals surface area contributed by atoms with Gasteiger partial charge in [-0.1, -0.05) is 24.3 Å². The summed E-state index contributed by atoms with van der Waals surface area (Å²) in [6.45, 7) is 2.39. The lowest BCUT2D eigenvalue weighted by Gasteiger charge is -2.14. The van der Waals surface area contributed by atoms with E-state index in [-0.39, 0.29) is 12.3 Å². The Hall–Kier alpha value is -1.88. The summed E-state index contributed by atoms with van der Waals surface area (Å²) in [7, 11) is 0. The van der Waals surface area contributed by atoms with Crippen LogP contribution in [-0.4, -0.2) is 35.0 Å². The third-order valence-electron chi connectivity index (χ3n) is 3.16. The van der Waals surface area contributed by atoms with Crippen LogP contribution in [0.3, 0.4) is 0 Å². The average Bonchev–Trinajstić information content (AvgIpc) is 2.76. The van der Waals surface area contributed by atoms with E-state index >= 15 is 0 Å². The molecule has 102 valence electrons. The fraction of sp³-hybridized carbons (Fsp3) is 0.429. The maximum Gasteiger partial charge on any atom is 0.303 e. The van der Waals surface area contributed by atoms with Gasteiger partial charge in [0.05, 0.1) is 6.54 Å². The van der Waals surface area contributed by atoms with Gasteiger partial charge in [-0.05, 0) is 17.5 Å². The van der Waals surface area contributed by atoms with Gasteiger partial charge in [-0.15, -0.1) is 0 Å². The zero-order valence-corrected chi connectivity index (χ0v) is 10.8. The highest BCUT2D eigenvalue weighted by molar-refractivity contribution is 5.78. The molecule has 1 aliphatic heterocycles. The molecule has 1 aliphatic rings. The van der Waals surface area contributed by atoms with Crippen molar-refractivity contribution in [3.05, 3.63) is 35.4 Å². The molecule has 0 saturated heterocycles. The highest BCUT2D eigenvalue weighted by Crippen LogP contribution is 2.21. The van der Waals surface area contributed by atoms with Gasteiger partial charge in [-0.3, -0.25) is 14.5 Å². The Morgan fingerprint density at radius 2 is 1.84 bits per heavy atom. The molecule has 0 aromatic heterocycles. The molecule has 0 unspecified atom stereocenters. The van der Waals surface area contributed by atoms with E-state index in [0.717, 1.165) is 13.1 Å². The fourth-order valence-electron chi connectivity index (χ4n) is 2.24. The van der Waals surface area contributed by atoms with Crippen LogP contribution in [0.1, 0.15) is 24.0 Å². The predicted molar refractivity (Wildman–Crippen MR) is 70.4 cm³/mol. The molecule has 1 aromatic rings. The fourth-order valence-corrected chi connectivity index (χ4v) is 2.24. The van der Waals surface area contributed by atoms with E-state index in [1.807, 2.05) is 12.1 Å². The van der Waals surface area contributed by atoms with Gasteiger partial charge in [0, 0.05) is 26.1 Å². The minimum atomic E-state index is -0.829. The number of fused-ring (bicyclic) bond motifs is 1. The van der Waals surface area contributed by atoms with Gasteiger partial charge >= 0.3 is 5.97 Å². The van der Waals surface area contributed by atoms with Crippen LogP contribution in [-0.2, 0) is 22.7 Å². The molecule has 5 heteroatoms. The second-order valence-electron chi connectivity index (χ2n) is 4.76. The van der Waals surface area contributed by atoms with E-state index in [4.69, 9.17) is 5.11 Å². The molecule has 0 radical (unpaired) electrons. The van der Waals surface area contributed by atoms with Crippen molar-refractivity contribution in [2.24, 2.45) is 0 Å². The van der Waals surface area contributed by atoms with Gasteiger partial charge in [0.25, 0.3) is 0 Å². The Balaban J connectivity index is 1.69. The Labute approximate surface area is 112 Å². The number of nitrogens with one attached hydrogen (secondary N) is 1. The lowest BCUT2D eigenvalue weighted by atomic mass is 10.1. The second kappa shape index (κ2) is 6.33. The summed E-state index contributed by atoms with van der Waals surface area (Å²) >= 11 is 0. The first-order chi connectivity index (χ1) is 9.15. The number of hydrogen-bond acceptors (Lipinski definition) is 3. The van der Waals surface area contributed by atoms with Crippen molar-refractivity contribution in [2.45, 2.75) is 25.9 Å². The quantitative estimate of drug-likeness (QED) is 0.750. The molecule has 1 aromatic carbocycles. The number of amides is 1. The van der Waals surface area contributed by atoms with Crippen LogP contribution in [0.25, 0.3) is 0 Å². The number of benzene rings is 1. The van der Waals surface area contributed by atoms with Crippen LogP contribution >= 0.6 is 0 Å². The normalized spacial score (nSPS) is 14.1. The summed E-state index contributed by atoms with van der Waals surface area (Å²) in [6.07, 6.45) is 0.566. The Bertz CT molecular complexity index is 449. The van der Waals surface area contributed by atoms with Crippen LogP contribution < -0.4 is 5.32 Å². The molecule has 0 bridgehead atoms. The SMILES string of the molecule is O=C(O)CCCNC(=O)CN1Cc2ccccc2C1. The van der Waals surface area contributed by atoms with Crippen molar-refractivity contribution in [2.75, 3.05) is 13.1 Å². The summed E-state index contributed by atoms with van der Waals surface area (Å²) in [4.78, 5) is 24.1. The van der Waals surface area contributed by atoms with E-state index in [1.165, 1.54) is 11.1 Å². The zero-order chi connectivity index (χ0) is 13.7. The third kappa shape index (κ3) is 4.06. The van der Waals surface area contributed by atoms with E-state index in [2.05, 4.69) is 22.3 Å². The van der Waals surface area contributed by atoms with Crippen molar-refractivity contribution < 1.29 is 14.7 Å². The molecule has 0 atom stereocenters. The summed E-state index contributed by atoms with van der Waals surface area (Å²) in [6, 6.07) is 8.18. The van der Waals surface area contributed by atoms with Gasteiger partial charge in [-0.2, -0.15) is 0 Å². The van der Waals surface area contributed by atoms with Crippen molar-refractivity contribution in [1.82, 2.24) is 10.2 Å². The molecule has 1 amide bonds. The zero-order valence-electron chi connectivity index (χ0n) is 10.8. The molecule has 1 heterocycles. The van der Waals surface area contributed by atoms with Crippen LogP contribution in [0.15, 0.2) is 24.3 Å². The molecular weight excluding hydrogens is 244 g/mol. The number of nitrogens with zero attached hydrogens (tertiary/aromatic N) is 1. The summed E-state index contributed by atoms with van der Waals surface area (Å²) < 4.78 is 0. The lowest BCUT2D eigenvalue weighted by Crippen LogP contribution is -2.35. The highest BCUT2D eigenvalue weighted by atomic mass is 16.4. The van der Waals surface area contributed by atoms with Crippen LogP contribution in [0.4, 0.5) is 0 Å². The predicted octanol–water partition coefficient (Wildman–Crippen LogP) is 0.983. The molecule has 2 rings (SSSR count). The number of aliphatic carboxylic acids is 1. The number of carbonyl (C=O) groups is 2. The standard InChI is InChI=1S/C14H18N2O3/c17-13(15-7-3-6-14(18)19)10-16-8-11-4-1-2-5-12(11)9-16/h1-2,4-5H,3,6-10H2,(H,15,17)(H,18,19). The number of hydrogen-bond donors (Lipinski definition) is 2. The molecule has 0 fully saturated rings. The van der Waals surface area contributed by atoms with Gasteiger partial charge in [-0.25, -0.2) is 0 Å². The van der Waals surface area contributed by atoms with Crippen molar-refractivity contribution in [3.63, 3.8) is 0 Å². The molecule has 0 spiro atoms.